The molecule has 86 valence electrons. The van der Waals surface area contributed by atoms with E-state index in [0.29, 0.717) is 0 Å². The SMILES string of the molecule is C[N-]C.C[N-]C.C[N-]C.[C-]1=CC=CC1.[Hf+4]. The van der Waals surface area contributed by atoms with E-state index in [9.17, 15) is 0 Å². The van der Waals surface area contributed by atoms with Crippen molar-refractivity contribution in [3.05, 3.63) is 40.3 Å². The van der Waals surface area contributed by atoms with Crippen molar-refractivity contribution in [2.24, 2.45) is 0 Å². The maximum Gasteiger partial charge on any atom is 4.00 e. The van der Waals surface area contributed by atoms with Gasteiger partial charge in [0.25, 0.3) is 0 Å². The van der Waals surface area contributed by atoms with Crippen LogP contribution >= 0.6 is 0 Å². The van der Waals surface area contributed by atoms with Crippen molar-refractivity contribution in [1.29, 1.82) is 0 Å². The molecular formula is C11H23HfN3. The molecule has 0 N–H and O–H groups in total. The Labute approximate surface area is 115 Å². The molecule has 0 aromatic heterocycles. The van der Waals surface area contributed by atoms with Gasteiger partial charge in [-0.05, 0) is 0 Å². The van der Waals surface area contributed by atoms with E-state index in [0.717, 1.165) is 6.42 Å². The number of rotatable bonds is 0. The Morgan fingerprint density at radius 1 is 0.867 bits per heavy atom. The fourth-order valence-electron chi connectivity index (χ4n) is 0.340. The molecular weight excluding hydrogens is 353 g/mol. The van der Waals surface area contributed by atoms with E-state index >= 15 is 0 Å². The van der Waals surface area contributed by atoms with E-state index in [1.807, 2.05) is 12.2 Å². The summed E-state index contributed by atoms with van der Waals surface area (Å²) in [5, 5.41) is 10.5. The molecule has 0 amide bonds. The molecule has 0 spiro atoms. The van der Waals surface area contributed by atoms with Crippen LogP contribution in [0.3, 0.4) is 0 Å². The van der Waals surface area contributed by atoms with Gasteiger partial charge in [-0.2, -0.15) is 48.4 Å². The van der Waals surface area contributed by atoms with Crippen LogP contribution in [-0.2, 0) is 25.8 Å². The number of allylic oxidation sites excluding steroid dienone is 4. The third-order valence-corrected chi connectivity index (χ3v) is 0.586. The molecule has 0 saturated carbocycles. The molecule has 0 bridgehead atoms. The monoisotopic (exact) mass is 377 g/mol. The third-order valence-electron chi connectivity index (χ3n) is 0.586. The number of hydrogen-bond donors (Lipinski definition) is 0. The summed E-state index contributed by atoms with van der Waals surface area (Å²) < 4.78 is 0. The summed E-state index contributed by atoms with van der Waals surface area (Å²) in [7, 11) is 10.5. The van der Waals surface area contributed by atoms with E-state index in [1.165, 1.54) is 0 Å². The molecule has 0 atom stereocenters. The molecule has 0 radical (unpaired) electrons. The molecule has 0 saturated heterocycles. The van der Waals surface area contributed by atoms with Gasteiger partial charge in [0.1, 0.15) is 0 Å². The van der Waals surface area contributed by atoms with E-state index < -0.39 is 0 Å². The molecule has 0 aromatic carbocycles. The Morgan fingerprint density at radius 3 is 1.27 bits per heavy atom. The predicted octanol–water partition coefficient (Wildman–Crippen LogP) is 3.16. The minimum absolute atomic E-state index is 0. The van der Waals surface area contributed by atoms with Crippen LogP contribution in [0.25, 0.3) is 16.0 Å². The topological polar surface area (TPSA) is 42.3 Å². The van der Waals surface area contributed by atoms with Crippen LogP contribution in [0.1, 0.15) is 6.42 Å². The summed E-state index contributed by atoms with van der Waals surface area (Å²) in [5.74, 6) is 0. The largest absolute Gasteiger partial charge is 4.00 e. The molecule has 3 nitrogen and oxygen atoms in total. The van der Waals surface area contributed by atoms with Crippen molar-refractivity contribution in [2.45, 2.75) is 6.42 Å². The van der Waals surface area contributed by atoms with Crippen LogP contribution in [0.15, 0.2) is 18.2 Å². The summed E-state index contributed by atoms with van der Waals surface area (Å²) in [5.41, 5.74) is 0. The van der Waals surface area contributed by atoms with Crippen molar-refractivity contribution < 1.29 is 25.8 Å². The quantitative estimate of drug-likeness (QED) is 0.461. The van der Waals surface area contributed by atoms with E-state index in [-0.39, 0.29) is 25.8 Å². The van der Waals surface area contributed by atoms with Crippen molar-refractivity contribution in [3.8, 4) is 0 Å². The van der Waals surface area contributed by atoms with Crippen LogP contribution in [-0.4, -0.2) is 42.3 Å². The molecule has 0 unspecified atom stereocenters. The van der Waals surface area contributed by atoms with Crippen molar-refractivity contribution >= 4 is 0 Å². The zero-order valence-electron chi connectivity index (χ0n) is 10.8. The Balaban J connectivity index is -0.0000000550. The molecule has 0 aromatic rings. The molecule has 1 aliphatic carbocycles. The van der Waals surface area contributed by atoms with Gasteiger partial charge in [0.05, 0.1) is 0 Å². The normalized spacial score (nSPS) is 9.47. The van der Waals surface area contributed by atoms with Crippen molar-refractivity contribution in [3.63, 3.8) is 0 Å². The van der Waals surface area contributed by atoms with Gasteiger partial charge in [-0.25, -0.2) is 12.2 Å². The Morgan fingerprint density at radius 2 is 1.20 bits per heavy atom. The van der Waals surface area contributed by atoms with Crippen molar-refractivity contribution in [1.82, 2.24) is 0 Å². The molecule has 0 aliphatic heterocycles. The second-order valence-electron chi connectivity index (χ2n) is 2.34. The fourth-order valence-corrected chi connectivity index (χ4v) is 0.340. The maximum absolute atomic E-state index is 3.50. The first-order chi connectivity index (χ1) is 6.74. The first-order valence-electron chi connectivity index (χ1n) is 4.40. The fraction of sp³-hybridized carbons (Fsp3) is 0.636. The second kappa shape index (κ2) is 36.8. The van der Waals surface area contributed by atoms with Gasteiger partial charge in [0.2, 0.25) is 0 Å². The summed E-state index contributed by atoms with van der Waals surface area (Å²) in [4.78, 5) is 0. The predicted molar refractivity (Wildman–Crippen MR) is 67.2 cm³/mol. The Kier molecular flexibility index (Phi) is 59.9. The minimum Gasteiger partial charge on any atom is -0.668 e. The van der Waals surface area contributed by atoms with Crippen LogP contribution in [0.2, 0.25) is 0 Å². The van der Waals surface area contributed by atoms with Crippen LogP contribution in [0.5, 0.6) is 0 Å². The molecule has 15 heavy (non-hydrogen) atoms. The Hall–Kier alpha value is 0.230. The molecule has 0 heterocycles. The van der Waals surface area contributed by atoms with E-state index in [2.05, 4.69) is 28.1 Å². The number of nitrogens with zero attached hydrogens (tertiary/aromatic N) is 3. The first kappa shape index (κ1) is 24.5. The third kappa shape index (κ3) is 77.8. The van der Waals surface area contributed by atoms with E-state index in [4.69, 9.17) is 0 Å². The van der Waals surface area contributed by atoms with Gasteiger partial charge in [-0.3, -0.25) is 6.08 Å². The molecule has 1 aliphatic rings. The standard InChI is InChI=1S/C5H5.3C2H6N.Hf/c1-2-4-5-3-1;3*1-3-2;/h1-3H,4H2;3*1-2H3;/q4*-1;+4. The summed E-state index contributed by atoms with van der Waals surface area (Å²) in [6.45, 7) is 0. The van der Waals surface area contributed by atoms with Gasteiger partial charge >= 0.3 is 25.8 Å². The van der Waals surface area contributed by atoms with Crippen LogP contribution in [0, 0.1) is 6.08 Å². The van der Waals surface area contributed by atoms with Gasteiger partial charge < -0.3 is 16.0 Å². The molecule has 0 fully saturated rings. The zero-order chi connectivity index (χ0) is 11.7. The van der Waals surface area contributed by atoms with Crippen LogP contribution < -0.4 is 0 Å². The second-order valence-corrected chi connectivity index (χ2v) is 2.34. The maximum atomic E-state index is 3.50. The average Bonchev–Trinajstić information content (AvgIpc) is 2.63. The summed E-state index contributed by atoms with van der Waals surface area (Å²) >= 11 is 0. The first-order valence-corrected chi connectivity index (χ1v) is 4.40. The number of hydrogen-bond acceptors (Lipinski definition) is 0. The minimum atomic E-state index is 0. The summed E-state index contributed by atoms with van der Waals surface area (Å²) in [6.07, 6.45) is 10.0. The molecule has 1 rings (SSSR count). The van der Waals surface area contributed by atoms with E-state index in [1.54, 1.807) is 42.3 Å². The summed E-state index contributed by atoms with van der Waals surface area (Å²) in [6, 6.07) is 0. The van der Waals surface area contributed by atoms with Gasteiger partial charge in [-0.15, -0.1) is 6.42 Å². The average molecular weight is 376 g/mol. The van der Waals surface area contributed by atoms with Crippen molar-refractivity contribution in [2.75, 3.05) is 42.3 Å². The van der Waals surface area contributed by atoms with Gasteiger partial charge in [-0.1, -0.05) is 0 Å². The zero-order valence-corrected chi connectivity index (χ0v) is 14.4. The van der Waals surface area contributed by atoms with Crippen LogP contribution in [0.4, 0.5) is 0 Å². The molecule has 4 heteroatoms. The Bertz CT molecular complexity index is 99.6. The van der Waals surface area contributed by atoms with Gasteiger partial charge in [0, 0.05) is 0 Å². The smallest absolute Gasteiger partial charge is 0.668 e. The van der Waals surface area contributed by atoms with Gasteiger partial charge in [0.15, 0.2) is 0 Å².